The van der Waals surface area contributed by atoms with Crippen LogP contribution in [-0.4, -0.2) is 40.9 Å². The third-order valence-corrected chi connectivity index (χ3v) is 7.01. The molecule has 29 heavy (non-hydrogen) atoms. The Hall–Kier alpha value is -2.87. The Labute approximate surface area is 169 Å². The Morgan fingerprint density at radius 1 is 0.966 bits per heavy atom. The van der Waals surface area contributed by atoms with Crippen LogP contribution in [0.2, 0.25) is 0 Å². The first-order chi connectivity index (χ1) is 13.9. The molecule has 0 aliphatic carbocycles. The second-order valence-electron chi connectivity index (χ2n) is 7.38. The number of imidazole rings is 1. The summed E-state index contributed by atoms with van der Waals surface area (Å²) in [7, 11) is -4.10. The van der Waals surface area contributed by atoms with E-state index in [4.69, 9.17) is 0 Å². The highest BCUT2D eigenvalue weighted by Gasteiger charge is 2.27. The van der Waals surface area contributed by atoms with Gasteiger partial charge in [0, 0.05) is 13.1 Å². The predicted octanol–water partition coefficient (Wildman–Crippen LogP) is 2.36. The fourth-order valence-corrected chi connectivity index (χ4v) is 5.34. The number of benzene rings is 2. The first-order valence-corrected chi connectivity index (χ1v) is 11.1. The van der Waals surface area contributed by atoms with Crippen LogP contribution in [0.3, 0.4) is 0 Å². The zero-order valence-electron chi connectivity index (χ0n) is 16.2. The molecule has 0 bridgehead atoms. The highest BCUT2D eigenvalue weighted by molar-refractivity contribution is 7.90. The molecule has 3 aromatic rings. The Bertz CT molecular complexity index is 1230. The van der Waals surface area contributed by atoms with Gasteiger partial charge in [-0.15, -0.1) is 0 Å². The predicted molar refractivity (Wildman–Crippen MR) is 110 cm³/mol. The molecule has 1 amide bonds. The number of para-hydroxylation sites is 2. The third kappa shape index (κ3) is 3.48. The number of aromatic nitrogens is 2. The van der Waals surface area contributed by atoms with Gasteiger partial charge in [-0.1, -0.05) is 24.3 Å². The number of hydrogen-bond donors (Lipinski definition) is 0. The van der Waals surface area contributed by atoms with Crippen molar-refractivity contribution in [1.82, 2.24) is 13.4 Å². The number of rotatable bonds is 4. The van der Waals surface area contributed by atoms with Gasteiger partial charge in [-0.3, -0.25) is 9.36 Å². The zero-order chi connectivity index (χ0) is 20.6. The summed E-state index contributed by atoms with van der Waals surface area (Å²) in [5, 5.41) is 0. The maximum Gasteiger partial charge on any atom is 0.343 e. The maximum atomic E-state index is 13.3. The summed E-state index contributed by atoms with van der Waals surface area (Å²) < 4.78 is 28.6. The van der Waals surface area contributed by atoms with E-state index in [1.54, 1.807) is 48.2 Å². The van der Waals surface area contributed by atoms with Crippen molar-refractivity contribution in [3.05, 3.63) is 64.6 Å². The van der Waals surface area contributed by atoms with Crippen LogP contribution < -0.4 is 5.69 Å². The lowest BCUT2D eigenvalue weighted by molar-refractivity contribution is -0.132. The van der Waals surface area contributed by atoms with Crippen LogP contribution in [0, 0.1) is 6.92 Å². The van der Waals surface area contributed by atoms with Gasteiger partial charge in [0.05, 0.1) is 15.9 Å². The minimum atomic E-state index is -4.10. The van der Waals surface area contributed by atoms with Crippen molar-refractivity contribution in [2.45, 2.75) is 37.6 Å². The van der Waals surface area contributed by atoms with E-state index < -0.39 is 15.7 Å². The van der Waals surface area contributed by atoms with Gasteiger partial charge in [-0.25, -0.2) is 13.2 Å². The second-order valence-corrected chi connectivity index (χ2v) is 9.17. The Morgan fingerprint density at radius 2 is 1.66 bits per heavy atom. The van der Waals surface area contributed by atoms with Crippen molar-refractivity contribution in [3.8, 4) is 0 Å². The molecule has 7 nitrogen and oxygen atoms in total. The van der Waals surface area contributed by atoms with Crippen molar-refractivity contribution in [2.75, 3.05) is 13.1 Å². The largest absolute Gasteiger partial charge is 0.343 e. The van der Waals surface area contributed by atoms with Crippen LogP contribution >= 0.6 is 0 Å². The van der Waals surface area contributed by atoms with Crippen molar-refractivity contribution in [2.24, 2.45) is 0 Å². The maximum absolute atomic E-state index is 13.3. The lowest BCUT2D eigenvalue weighted by Crippen LogP contribution is -2.40. The first kappa shape index (κ1) is 19.4. The highest BCUT2D eigenvalue weighted by atomic mass is 32.2. The van der Waals surface area contributed by atoms with Gasteiger partial charge in [-0.2, -0.15) is 3.97 Å². The molecule has 2 aromatic carbocycles. The number of piperidine rings is 1. The molecule has 0 N–H and O–H groups in total. The second kappa shape index (κ2) is 7.51. The van der Waals surface area contributed by atoms with Gasteiger partial charge in [0.15, 0.2) is 0 Å². The minimum absolute atomic E-state index is 0.0462. The summed E-state index contributed by atoms with van der Waals surface area (Å²) in [6.45, 7) is 2.97. The molecule has 1 fully saturated rings. The number of amides is 1. The summed E-state index contributed by atoms with van der Waals surface area (Å²) in [5.41, 5.74) is 0.755. The fraction of sp³-hybridized carbons (Fsp3) is 0.333. The number of fused-ring (bicyclic) bond motifs is 1. The van der Waals surface area contributed by atoms with Crippen LogP contribution in [-0.2, 0) is 21.4 Å². The lowest BCUT2D eigenvalue weighted by Gasteiger charge is -2.26. The van der Waals surface area contributed by atoms with Crippen molar-refractivity contribution in [3.63, 3.8) is 0 Å². The van der Waals surface area contributed by atoms with Gasteiger partial charge in [-0.05, 0) is 56.0 Å². The average molecular weight is 413 g/mol. The van der Waals surface area contributed by atoms with Gasteiger partial charge in [0.1, 0.15) is 6.54 Å². The number of nitrogens with zero attached hydrogens (tertiary/aromatic N) is 3. The first-order valence-electron chi connectivity index (χ1n) is 9.70. The zero-order valence-corrected chi connectivity index (χ0v) is 17.1. The number of aryl methyl sites for hydroxylation is 1. The van der Waals surface area contributed by atoms with Crippen LogP contribution in [0.1, 0.15) is 24.8 Å². The van der Waals surface area contributed by atoms with Gasteiger partial charge < -0.3 is 4.90 Å². The Morgan fingerprint density at radius 3 is 2.34 bits per heavy atom. The van der Waals surface area contributed by atoms with Crippen LogP contribution in [0.15, 0.2) is 58.2 Å². The smallest absolute Gasteiger partial charge is 0.341 e. The Kier molecular flexibility index (Phi) is 5.04. The molecule has 0 saturated carbocycles. The molecule has 0 atom stereocenters. The van der Waals surface area contributed by atoms with Crippen LogP contribution in [0.25, 0.3) is 11.0 Å². The summed E-state index contributed by atoms with van der Waals surface area (Å²) in [6.07, 6.45) is 2.99. The minimum Gasteiger partial charge on any atom is -0.341 e. The van der Waals surface area contributed by atoms with Crippen LogP contribution in [0.5, 0.6) is 0 Å². The topological polar surface area (TPSA) is 81.4 Å². The van der Waals surface area contributed by atoms with E-state index in [1.165, 1.54) is 16.7 Å². The molecule has 0 unspecified atom stereocenters. The Balaban J connectivity index is 1.83. The molecule has 152 valence electrons. The number of carbonyl (C=O) groups excluding carboxylic acids is 1. The average Bonchev–Trinajstić information content (AvgIpc) is 3.01. The normalized spacial score (nSPS) is 15.0. The number of carbonyl (C=O) groups is 1. The van der Waals surface area contributed by atoms with Crippen molar-refractivity contribution >= 4 is 27.0 Å². The number of likely N-dealkylation sites (tertiary alicyclic amines) is 1. The molecule has 1 aromatic heterocycles. The number of hydrogen-bond acceptors (Lipinski definition) is 4. The quantitative estimate of drug-likeness (QED) is 0.658. The van der Waals surface area contributed by atoms with E-state index in [9.17, 15) is 18.0 Å². The molecule has 1 aliphatic heterocycles. The van der Waals surface area contributed by atoms with Gasteiger partial charge in [0.2, 0.25) is 5.91 Å². The van der Waals surface area contributed by atoms with E-state index in [1.807, 2.05) is 0 Å². The molecule has 1 aliphatic rings. The SMILES string of the molecule is Cc1cccc(S(=O)(=O)n2c(=O)n(CC(=O)N3CCCCC3)c3ccccc32)c1. The van der Waals surface area contributed by atoms with Crippen molar-refractivity contribution in [1.29, 1.82) is 0 Å². The molecule has 1 saturated heterocycles. The monoisotopic (exact) mass is 413 g/mol. The van der Waals surface area contributed by atoms with Gasteiger partial charge in [0.25, 0.3) is 10.0 Å². The fourth-order valence-electron chi connectivity index (χ4n) is 3.82. The van der Waals surface area contributed by atoms with E-state index in [2.05, 4.69) is 0 Å². The molecule has 2 heterocycles. The highest BCUT2D eigenvalue weighted by Crippen LogP contribution is 2.21. The molecule has 0 radical (unpaired) electrons. The summed E-state index contributed by atoms with van der Waals surface area (Å²) in [4.78, 5) is 27.7. The summed E-state index contributed by atoms with van der Waals surface area (Å²) >= 11 is 0. The summed E-state index contributed by atoms with van der Waals surface area (Å²) in [5.74, 6) is -0.164. The molecule has 8 heteroatoms. The third-order valence-electron chi connectivity index (χ3n) is 5.33. The van der Waals surface area contributed by atoms with Crippen LogP contribution in [0.4, 0.5) is 0 Å². The molecule has 0 spiro atoms. The standard InChI is InChI=1S/C21H23N3O4S/c1-16-8-7-9-17(14-16)29(27,28)24-19-11-4-3-10-18(19)23(21(24)26)15-20(25)22-12-5-2-6-13-22/h3-4,7-11,14H,2,5-6,12-13,15H2,1H3. The van der Waals surface area contributed by atoms with E-state index in [0.29, 0.717) is 18.6 Å². The molecule has 4 rings (SSSR count). The summed E-state index contributed by atoms with van der Waals surface area (Å²) in [6, 6.07) is 13.1. The van der Waals surface area contributed by atoms with Gasteiger partial charge >= 0.3 is 5.69 Å². The van der Waals surface area contributed by atoms with E-state index >= 15 is 0 Å². The lowest BCUT2D eigenvalue weighted by atomic mass is 10.1. The van der Waals surface area contributed by atoms with E-state index in [0.717, 1.165) is 28.8 Å². The van der Waals surface area contributed by atoms with Crippen molar-refractivity contribution < 1.29 is 13.2 Å². The molecular weight excluding hydrogens is 390 g/mol. The molecular formula is C21H23N3O4S. The van der Waals surface area contributed by atoms with E-state index in [-0.39, 0.29) is 22.9 Å².